The molecule has 0 bridgehead atoms. The highest BCUT2D eigenvalue weighted by molar-refractivity contribution is 9.10. The van der Waals surface area contributed by atoms with Gasteiger partial charge >= 0.3 is 5.00 Å². The van der Waals surface area contributed by atoms with E-state index in [2.05, 4.69) is 26.2 Å². The normalized spacial score (nSPS) is 10.8. The molecule has 0 aliphatic heterocycles. The second-order valence-corrected chi connectivity index (χ2v) is 10.2. The topological polar surface area (TPSA) is 94.4 Å². The Bertz CT molecular complexity index is 1340. The van der Waals surface area contributed by atoms with Crippen LogP contribution in [0.4, 0.5) is 10.1 Å². The van der Waals surface area contributed by atoms with Gasteiger partial charge in [-0.05, 0) is 50.1 Å². The predicted molar refractivity (Wildman–Crippen MR) is 135 cm³/mol. The molecule has 0 spiro atoms. The smallest absolute Gasteiger partial charge is 0.324 e. The number of benzene rings is 2. The lowest BCUT2D eigenvalue weighted by Gasteiger charge is -2.09. The number of ether oxygens (including phenoxy) is 1. The minimum Gasteiger partial charge on any atom is -0.444 e. The van der Waals surface area contributed by atoms with Gasteiger partial charge in [0.1, 0.15) is 11.4 Å². The van der Waals surface area contributed by atoms with E-state index in [0.29, 0.717) is 21.6 Å². The number of nitrogens with zero attached hydrogens (tertiary/aromatic N) is 2. The number of hydrogen-bond acceptors (Lipinski definition) is 7. The van der Waals surface area contributed by atoms with Crippen LogP contribution in [0.2, 0.25) is 0 Å². The molecule has 2 heterocycles. The molecule has 1 amide bonds. The monoisotopic (exact) mass is 543 g/mol. The fraction of sp³-hybridized carbons (Fsp3) is 0.130. The molecule has 4 aromatic rings. The van der Waals surface area contributed by atoms with Crippen molar-refractivity contribution < 1.29 is 14.5 Å². The molecule has 0 unspecified atom stereocenters. The van der Waals surface area contributed by atoms with Crippen LogP contribution in [-0.4, -0.2) is 15.8 Å². The number of nitrogens with one attached hydrogen (secondary N) is 1. The van der Waals surface area contributed by atoms with Gasteiger partial charge in [-0.1, -0.05) is 68.4 Å². The van der Waals surface area contributed by atoms with Crippen molar-refractivity contribution >= 4 is 54.6 Å². The summed E-state index contributed by atoms with van der Waals surface area (Å²) in [6.45, 7) is 5.98. The number of carbonyl (C=O) groups is 1. The molecule has 1 N–H and O–H groups in total. The molecule has 0 aliphatic rings. The zero-order chi connectivity index (χ0) is 23.7. The lowest BCUT2D eigenvalue weighted by Crippen LogP contribution is -2.09. The Kier molecular flexibility index (Phi) is 6.59. The highest BCUT2D eigenvalue weighted by Crippen LogP contribution is 2.42. The van der Waals surface area contributed by atoms with Crippen molar-refractivity contribution in [2.24, 2.45) is 0 Å². The maximum atomic E-state index is 12.6. The lowest BCUT2D eigenvalue weighted by atomic mass is 10.1. The van der Waals surface area contributed by atoms with Crippen molar-refractivity contribution in [2.45, 2.75) is 20.8 Å². The van der Waals surface area contributed by atoms with E-state index in [-0.39, 0.29) is 9.88 Å². The van der Waals surface area contributed by atoms with Crippen molar-refractivity contribution in [3.63, 3.8) is 0 Å². The van der Waals surface area contributed by atoms with E-state index in [1.807, 2.05) is 57.2 Å². The average molecular weight is 544 g/mol. The number of rotatable bonds is 6. The molecule has 0 aliphatic carbocycles. The van der Waals surface area contributed by atoms with Crippen molar-refractivity contribution in [1.82, 2.24) is 4.98 Å². The van der Waals surface area contributed by atoms with E-state index in [1.54, 1.807) is 0 Å². The van der Waals surface area contributed by atoms with Crippen molar-refractivity contribution in [3.8, 4) is 22.1 Å². The number of amides is 1. The molecule has 0 saturated carbocycles. The van der Waals surface area contributed by atoms with Gasteiger partial charge in [0.05, 0.1) is 9.80 Å². The van der Waals surface area contributed by atoms with E-state index in [9.17, 15) is 14.9 Å². The summed E-state index contributed by atoms with van der Waals surface area (Å²) in [6, 6.07) is 14.5. The average Bonchev–Trinajstić information content (AvgIpc) is 3.40. The van der Waals surface area contributed by atoms with E-state index in [0.717, 1.165) is 38.1 Å². The second-order valence-electron chi connectivity index (χ2n) is 7.34. The standard InChI is InChI=1S/C23H18BrN3O4S2/c1-12-4-6-15(7-5-12)20-22(31-16-10-13(2)19(24)14(3)11-16)33-23(25-20)26-21(28)17-8-9-18(32-17)27(29)30/h4-11H,1-3H3,(H,25,26,28). The molecule has 7 nitrogen and oxygen atoms in total. The zero-order valence-corrected chi connectivity index (χ0v) is 21.1. The van der Waals surface area contributed by atoms with Gasteiger partial charge in [0, 0.05) is 16.1 Å². The molecule has 0 atom stereocenters. The van der Waals surface area contributed by atoms with Crippen LogP contribution < -0.4 is 10.1 Å². The molecule has 2 aromatic carbocycles. The zero-order valence-electron chi connectivity index (χ0n) is 17.8. The first-order valence-corrected chi connectivity index (χ1v) is 12.2. The SMILES string of the molecule is Cc1ccc(-c2nc(NC(=O)c3ccc([N+](=O)[O-])s3)sc2Oc2cc(C)c(Br)c(C)c2)cc1. The Morgan fingerprint density at radius 3 is 2.33 bits per heavy atom. The first-order valence-electron chi connectivity index (χ1n) is 9.79. The summed E-state index contributed by atoms with van der Waals surface area (Å²) in [5, 5.41) is 14.4. The number of aryl methyl sites for hydroxylation is 3. The predicted octanol–water partition coefficient (Wildman–Crippen LogP) is 7.51. The molecule has 168 valence electrons. The van der Waals surface area contributed by atoms with Crippen LogP contribution in [-0.2, 0) is 0 Å². The Labute approximate surface area is 206 Å². The Morgan fingerprint density at radius 2 is 1.73 bits per heavy atom. The minimum absolute atomic E-state index is 0.0929. The van der Waals surface area contributed by atoms with E-state index in [4.69, 9.17) is 4.74 Å². The number of hydrogen-bond donors (Lipinski definition) is 1. The maximum absolute atomic E-state index is 12.6. The van der Waals surface area contributed by atoms with E-state index < -0.39 is 10.8 Å². The van der Waals surface area contributed by atoms with Gasteiger partial charge in [-0.3, -0.25) is 20.2 Å². The number of thiophene rings is 1. The van der Waals surface area contributed by atoms with Gasteiger partial charge in [-0.25, -0.2) is 4.98 Å². The number of thiazole rings is 1. The fourth-order valence-corrected chi connectivity index (χ4v) is 4.90. The van der Waals surface area contributed by atoms with Gasteiger partial charge in [0.25, 0.3) is 5.91 Å². The summed E-state index contributed by atoms with van der Waals surface area (Å²) in [5.41, 5.74) is 4.65. The van der Waals surface area contributed by atoms with Crippen LogP contribution >= 0.6 is 38.6 Å². The van der Waals surface area contributed by atoms with E-state index >= 15 is 0 Å². The molecular weight excluding hydrogens is 526 g/mol. The van der Waals surface area contributed by atoms with Gasteiger partial charge in [-0.2, -0.15) is 0 Å². The summed E-state index contributed by atoms with van der Waals surface area (Å²) >= 11 is 5.58. The Morgan fingerprint density at radius 1 is 1.06 bits per heavy atom. The van der Waals surface area contributed by atoms with Crippen LogP contribution in [0.25, 0.3) is 11.3 Å². The number of nitro groups is 1. The molecule has 4 rings (SSSR count). The number of anilines is 1. The van der Waals surface area contributed by atoms with Crippen molar-refractivity contribution in [3.05, 3.63) is 84.7 Å². The molecular formula is C23H18BrN3O4S2. The highest BCUT2D eigenvalue weighted by Gasteiger charge is 2.20. The number of carbonyl (C=O) groups excluding carboxylic acids is 1. The number of aromatic nitrogens is 1. The second kappa shape index (κ2) is 9.42. The third-order valence-corrected chi connectivity index (χ3v) is 7.89. The molecule has 10 heteroatoms. The van der Waals surface area contributed by atoms with Crippen LogP contribution in [0.3, 0.4) is 0 Å². The van der Waals surface area contributed by atoms with Crippen molar-refractivity contribution in [1.29, 1.82) is 0 Å². The third-order valence-electron chi connectivity index (χ3n) is 4.76. The first kappa shape index (κ1) is 23.1. The summed E-state index contributed by atoms with van der Waals surface area (Å²) in [6.07, 6.45) is 0. The quantitative estimate of drug-likeness (QED) is 0.200. The summed E-state index contributed by atoms with van der Waals surface area (Å²) < 4.78 is 7.24. The van der Waals surface area contributed by atoms with Crippen LogP contribution in [0.15, 0.2) is 53.0 Å². The van der Waals surface area contributed by atoms with Gasteiger partial charge in [0.15, 0.2) is 5.13 Å². The minimum atomic E-state index is -0.519. The molecule has 0 saturated heterocycles. The summed E-state index contributed by atoms with van der Waals surface area (Å²) in [4.78, 5) is 27.9. The van der Waals surface area contributed by atoms with Gasteiger partial charge in [-0.15, -0.1) is 0 Å². The summed E-state index contributed by atoms with van der Waals surface area (Å²) in [5.74, 6) is 0.205. The summed E-state index contributed by atoms with van der Waals surface area (Å²) in [7, 11) is 0. The maximum Gasteiger partial charge on any atom is 0.324 e. The van der Waals surface area contributed by atoms with Crippen molar-refractivity contribution in [2.75, 3.05) is 5.32 Å². The van der Waals surface area contributed by atoms with Gasteiger partial charge in [0.2, 0.25) is 5.06 Å². The molecule has 2 aromatic heterocycles. The molecule has 0 radical (unpaired) electrons. The first-order chi connectivity index (χ1) is 15.7. The Balaban J connectivity index is 1.68. The van der Waals surface area contributed by atoms with Crippen LogP contribution in [0.5, 0.6) is 10.8 Å². The third kappa shape index (κ3) is 5.13. The molecule has 33 heavy (non-hydrogen) atoms. The number of halogens is 1. The highest BCUT2D eigenvalue weighted by atomic mass is 79.9. The largest absolute Gasteiger partial charge is 0.444 e. The van der Waals surface area contributed by atoms with Crippen LogP contribution in [0, 0.1) is 30.9 Å². The van der Waals surface area contributed by atoms with Crippen LogP contribution in [0.1, 0.15) is 26.4 Å². The fourth-order valence-electron chi connectivity index (χ4n) is 3.10. The lowest BCUT2D eigenvalue weighted by molar-refractivity contribution is -0.380. The molecule has 0 fully saturated rings. The van der Waals surface area contributed by atoms with E-state index in [1.165, 1.54) is 23.5 Å². The Hall–Kier alpha value is -3.08. The van der Waals surface area contributed by atoms with Gasteiger partial charge < -0.3 is 4.74 Å².